The number of rotatable bonds is 10. The Bertz CT molecular complexity index is 1200. The second-order valence-corrected chi connectivity index (χ2v) is 10.9. The maximum atomic E-state index is 12.3. The summed E-state index contributed by atoms with van der Waals surface area (Å²) in [5, 5.41) is 53.1. The molecule has 3 rings (SSSR count). The topological polar surface area (TPSA) is 332 Å². The van der Waals surface area contributed by atoms with E-state index in [0.717, 1.165) is 10.8 Å². The molecule has 2 aliphatic rings. The second kappa shape index (κ2) is 12.0. The van der Waals surface area contributed by atoms with Gasteiger partial charge in [0.15, 0.2) is 12.5 Å². The molecule has 2 fully saturated rings. The highest BCUT2D eigenvalue weighted by atomic mass is 31.3. The predicted octanol–water partition coefficient (Wildman–Crippen LogP) is -3.19. The van der Waals surface area contributed by atoms with Crippen LogP contribution in [-0.2, 0) is 32.0 Å². The van der Waals surface area contributed by atoms with E-state index in [2.05, 4.69) is 28.4 Å². The molecule has 1 aromatic rings. The van der Waals surface area contributed by atoms with E-state index in [1.807, 2.05) is 0 Å². The standard InChI is InChI=1S/C15H24N6O15P2/c16-7-1-2-21(15(27)19-7)13-11(25)9(23)6(33-13)4-32-37(28,29)36-38(30,31)35-14-12(26)10(24)8(22)5(34-14)3-18-20-17/h1-2,5-6,8-14,22-26H,3-4H2,(H,28,29)(H,30,31)(H2,16,19,27)/t5-,6-,8-,9-,10+,11-,12-,13-,14-/m1/s1. The van der Waals surface area contributed by atoms with Crippen molar-refractivity contribution in [1.29, 1.82) is 0 Å². The second-order valence-electron chi connectivity index (χ2n) is 7.94. The third kappa shape index (κ3) is 7.13. The molecule has 214 valence electrons. The van der Waals surface area contributed by atoms with Crippen LogP contribution in [0.25, 0.3) is 10.4 Å². The zero-order valence-electron chi connectivity index (χ0n) is 18.9. The fourth-order valence-electron chi connectivity index (χ4n) is 3.46. The lowest BCUT2D eigenvalue weighted by Crippen LogP contribution is -2.58. The molecule has 0 radical (unpaired) electrons. The van der Waals surface area contributed by atoms with Gasteiger partial charge in [0.1, 0.15) is 42.4 Å². The third-order valence-electron chi connectivity index (χ3n) is 5.30. The number of hydrogen-bond donors (Lipinski definition) is 8. The summed E-state index contributed by atoms with van der Waals surface area (Å²) >= 11 is 0. The van der Waals surface area contributed by atoms with Crippen LogP contribution in [0.3, 0.4) is 0 Å². The summed E-state index contributed by atoms with van der Waals surface area (Å²) < 4.78 is 48.7. The molecule has 2 unspecified atom stereocenters. The van der Waals surface area contributed by atoms with E-state index < -0.39 is 89.7 Å². The van der Waals surface area contributed by atoms with Crippen molar-refractivity contribution in [3.8, 4) is 0 Å². The van der Waals surface area contributed by atoms with Crippen molar-refractivity contribution in [1.82, 2.24) is 9.55 Å². The fraction of sp³-hybridized carbons (Fsp3) is 0.733. The molecule has 2 saturated heterocycles. The van der Waals surface area contributed by atoms with Gasteiger partial charge in [-0.1, -0.05) is 5.11 Å². The first-order valence-corrected chi connectivity index (χ1v) is 13.4. The van der Waals surface area contributed by atoms with E-state index in [-0.39, 0.29) is 5.82 Å². The summed E-state index contributed by atoms with van der Waals surface area (Å²) in [7, 11) is -11.1. The number of hydrogen-bond acceptors (Lipinski definition) is 16. The van der Waals surface area contributed by atoms with Gasteiger partial charge in [0.05, 0.1) is 19.3 Å². The van der Waals surface area contributed by atoms with Gasteiger partial charge < -0.3 is 50.5 Å². The number of phosphoric acid groups is 2. The van der Waals surface area contributed by atoms with E-state index in [1.54, 1.807) is 0 Å². The summed E-state index contributed by atoms with van der Waals surface area (Å²) in [6, 6.07) is 1.20. The van der Waals surface area contributed by atoms with Crippen molar-refractivity contribution < 1.29 is 67.3 Å². The van der Waals surface area contributed by atoms with E-state index in [1.165, 1.54) is 6.07 Å². The van der Waals surface area contributed by atoms with Crippen LogP contribution in [0.1, 0.15) is 6.23 Å². The van der Waals surface area contributed by atoms with Crippen LogP contribution in [0, 0.1) is 0 Å². The maximum absolute atomic E-state index is 12.3. The molecule has 1 aromatic heterocycles. The van der Waals surface area contributed by atoms with Crippen molar-refractivity contribution in [3.63, 3.8) is 0 Å². The molecule has 9 N–H and O–H groups in total. The van der Waals surface area contributed by atoms with Gasteiger partial charge in [0.2, 0.25) is 0 Å². The van der Waals surface area contributed by atoms with Gasteiger partial charge in [0.25, 0.3) is 0 Å². The van der Waals surface area contributed by atoms with Gasteiger partial charge in [0, 0.05) is 11.1 Å². The Balaban J connectivity index is 1.61. The Kier molecular flexibility index (Phi) is 9.64. The van der Waals surface area contributed by atoms with Gasteiger partial charge in [-0.15, -0.1) is 0 Å². The Morgan fingerprint density at radius 2 is 1.71 bits per heavy atom. The summed E-state index contributed by atoms with van der Waals surface area (Å²) in [4.78, 5) is 37.5. The van der Waals surface area contributed by atoms with Gasteiger partial charge >= 0.3 is 21.3 Å². The normalized spacial score (nSPS) is 36.7. The minimum absolute atomic E-state index is 0.129. The number of nitrogen functional groups attached to an aromatic ring is 1. The maximum Gasteiger partial charge on any atom is 0.483 e. The quantitative estimate of drug-likeness (QED) is 0.0576. The molecule has 23 heteroatoms. The van der Waals surface area contributed by atoms with Crippen molar-refractivity contribution >= 4 is 21.5 Å². The summed E-state index contributed by atoms with van der Waals surface area (Å²) in [5.74, 6) is -0.129. The first kappa shape index (κ1) is 30.5. The van der Waals surface area contributed by atoms with Crippen molar-refractivity contribution in [2.24, 2.45) is 5.11 Å². The minimum atomic E-state index is -5.62. The van der Waals surface area contributed by atoms with Crippen LogP contribution in [0.5, 0.6) is 0 Å². The highest BCUT2D eigenvalue weighted by Crippen LogP contribution is 2.61. The molecule has 3 heterocycles. The summed E-state index contributed by atoms with van der Waals surface area (Å²) in [6.07, 6.45) is -15.1. The molecular formula is C15H24N6O15P2. The lowest BCUT2D eigenvalue weighted by atomic mass is 9.99. The van der Waals surface area contributed by atoms with Crippen LogP contribution in [0.15, 0.2) is 22.2 Å². The Morgan fingerprint density at radius 3 is 2.34 bits per heavy atom. The molecule has 38 heavy (non-hydrogen) atoms. The average molecular weight is 590 g/mol. The predicted molar refractivity (Wildman–Crippen MR) is 117 cm³/mol. The molecule has 0 bridgehead atoms. The number of aliphatic hydroxyl groups is 5. The van der Waals surface area contributed by atoms with Crippen LogP contribution in [0.4, 0.5) is 5.82 Å². The average Bonchev–Trinajstić information content (AvgIpc) is 3.10. The molecular weight excluding hydrogens is 566 g/mol. The van der Waals surface area contributed by atoms with Crippen molar-refractivity contribution in [3.05, 3.63) is 33.2 Å². The SMILES string of the molecule is [N-]=[N+]=NC[C@H]1O[C@H](OP(=O)(O)OP(=O)(O)OC[C@H]2O[C@@H](n3ccc(N)nc3=O)[C@H](O)[C@@H]2O)[C@H](O)[C@@H](O)[C@@H]1O. The number of phosphoric ester groups is 2. The van der Waals surface area contributed by atoms with Crippen LogP contribution < -0.4 is 11.4 Å². The largest absolute Gasteiger partial charge is 0.483 e. The molecule has 2 aliphatic heterocycles. The van der Waals surface area contributed by atoms with Gasteiger partial charge in [-0.25, -0.2) is 13.9 Å². The molecule has 0 amide bonds. The Morgan fingerprint density at radius 1 is 1.05 bits per heavy atom. The molecule has 21 nitrogen and oxygen atoms in total. The number of aromatic nitrogens is 2. The first-order chi connectivity index (χ1) is 17.7. The zero-order chi connectivity index (χ0) is 28.4. The number of anilines is 1. The third-order valence-corrected chi connectivity index (χ3v) is 7.90. The van der Waals surface area contributed by atoms with E-state index in [9.17, 15) is 49.2 Å². The van der Waals surface area contributed by atoms with Crippen LogP contribution >= 0.6 is 15.6 Å². The lowest BCUT2D eigenvalue weighted by molar-refractivity contribution is -0.272. The van der Waals surface area contributed by atoms with E-state index >= 15 is 0 Å². The highest BCUT2D eigenvalue weighted by molar-refractivity contribution is 7.61. The smallest absolute Gasteiger partial charge is 0.388 e. The van der Waals surface area contributed by atoms with E-state index in [4.69, 9.17) is 20.7 Å². The van der Waals surface area contributed by atoms with E-state index in [0.29, 0.717) is 0 Å². The Labute approximate surface area is 211 Å². The monoisotopic (exact) mass is 590 g/mol. The highest BCUT2D eigenvalue weighted by Gasteiger charge is 2.49. The van der Waals surface area contributed by atoms with Crippen LogP contribution in [0.2, 0.25) is 0 Å². The molecule has 0 saturated carbocycles. The number of nitrogens with zero attached hydrogens (tertiary/aromatic N) is 5. The van der Waals surface area contributed by atoms with Crippen molar-refractivity contribution in [2.75, 3.05) is 18.9 Å². The fourth-order valence-corrected chi connectivity index (χ4v) is 5.62. The number of ether oxygens (including phenoxy) is 2. The number of azide groups is 1. The van der Waals surface area contributed by atoms with Gasteiger partial charge in [-0.2, -0.15) is 9.29 Å². The van der Waals surface area contributed by atoms with Crippen molar-refractivity contribution in [2.45, 2.75) is 55.2 Å². The van der Waals surface area contributed by atoms with Gasteiger partial charge in [-0.3, -0.25) is 13.6 Å². The first-order valence-electron chi connectivity index (χ1n) is 10.4. The Hall–Kier alpha value is -2.03. The molecule has 0 aliphatic carbocycles. The lowest BCUT2D eigenvalue weighted by Gasteiger charge is -2.39. The summed E-state index contributed by atoms with van der Waals surface area (Å²) in [5.41, 5.74) is 12.8. The zero-order valence-corrected chi connectivity index (χ0v) is 20.7. The molecule has 0 aromatic carbocycles. The van der Waals surface area contributed by atoms with Crippen LogP contribution in [-0.4, -0.2) is 107 Å². The minimum Gasteiger partial charge on any atom is -0.388 e. The van der Waals surface area contributed by atoms with Gasteiger partial charge in [-0.05, 0) is 11.6 Å². The number of aliphatic hydroxyl groups excluding tert-OH is 5. The molecule has 11 atom stereocenters. The molecule has 0 spiro atoms. The summed E-state index contributed by atoms with van der Waals surface area (Å²) in [6.45, 7) is -1.60. The number of nitrogens with two attached hydrogens (primary N) is 1.